The Kier molecular flexibility index (Phi) is 5.15. The number of morpholine rings is 1. The Morgan fingerprint density at radius 3 is 2.56 bits per heavy atom. The number of nitrogens with zero attached hydrogens (tertiary/aromatic N) is 2. The van der Waals surface area contributed by atoms with E-state index in [1.54, 1.807) is 37.8 Å². The molecule has 2 aliphatic rings. The molecule has 0 aromatic heterocycles. The standard InChI is InChI=1S/C20H25FN2O4/c1-19(2,3)27-18(24)23-14-9-20(25,10-15(23)12-26-11-14)16-5-4-13(6-7-22)8-17(16)21/h4-5,8,14-15,25H,6,9-12H2,1-3H3. The van der Waals surface area contributed by atoms with E-state index in [1.165, 1.54) is 6.07 Å². The second-order valence-electron chi connectivity index (χ2n) is 8.32. The maximum atomic E-state index is 14.7. The van der Waals surface area contributed by atoms with E-state index < -0.39 is 35.2 Å². The lowest BCUT2D eigenvalue weighted by molar-refractivity contribution is -0.142. The molecule has 3 rings (SSSR count). The number of rotatable bonds is 2. The summed E-state index contributed by atoms with van der Waals surface area (Å²) in [5.74, 6) is -0.532. The number of amides is 1. The maximum Gasteiger partial charge on any atom is 0.410 e. The van der Waals surface area contributed by atoms with Crippen LogP contribution in [0.25, 0.3) is 0 Å². The van der Waals surface area contributed by atoms with Gasteiger partial charge in [0.1, 0.15) is 11.4 Å². The van der Waals surface area contributed by atoms with Crippen LogP contribution in [-0.4, -0.2) is 47.0 Å². The summed E-state index contributed by atoms with van der Waals surface area (Å²) in [5, 5.41) is 20.0. The first-order chi connectivity index (χ1) is 12.6. The normalized spacial score (nSPS) is 27.8. The zero-order chi connectivity index (χ0) is 19.8. The van der Waals surface area contributed by atoms with E-state index in [-0.39, 0.29) is 38.0 Å². The Morgan fingerprint density at radius 2 is 2.04 bits per heavy atom. The third-order valence-electron chi connectivity index (χ3n) is 4.98. The molecule has 146 valence electrons. The van der Waals surface area contributed by atoms with Gasteiger partial charge in [0.05, 0.1) is 43.4 Å². The molecule has 1 amide bonds. The molecule has 7 heteroatoms. The van der Waals surface area contributed by atoms with Crippen LogP contribution in [0, 0.1) is 17.1 Å². The van der Waals surface area contributed by atoms with Crippen LogP contribution in [0.5, 0.6) is 0 Å². The molecular weight excluding hydrogens is 351 g/mol. The Morgan fingerprint density at radius 1 is 1.41 bits per heavy atom. The highest BCUT2D eigenvalue weighted by Gasteiger charge is 2.50. The second kappa shape index (κ2) is 7.10. The van der Waals surface area contributed by atoms with Gasteiger partial charge in [0.2, 0.25) is 0 Å². The van der Waals surface area contributed by atoms with Crippen LogP contribution in [0.2, 0.25) is 0 Å². The number of carbonyl (C=O) groups excluding carboxylic acids is 1. The van der Waals surface area contributed by atoms with Gasteiger partial charge in [-0.2, -0.15) is 5.26 Å². The summed E-state index contributed by atoms with van der Waals surface area (Å²) in [7, 11) is 0. The van der Waals surface area contributed by atoms with Gasteiger partial charge in [0, 0.05) is 18.4 Å². The summed E-state index contributed by atoms with van der Waals surface area (Å²) in [6, 6.07) is 5.70. The molecule has 1 aromatic carbocycles. The van der Waals surface area contributed by atoms with E-state index in [4.69, 9.17) is 14.7 Å². The Labute approximate surface area is 158 Å². The van der Waals surface area contributed by atoms with Crippen LogP contribution >= 0.6 is 0 Å². The number of fused-ring (bicyclic) bond motifs is 2. The van der Waals surface area contributed by atoms with Crippen molar-refractivity contribution in [2.45, 2.75) is 63.3 Å². The molecule has 2 bridgehead atoms. The van der Waals surface area contributed by atoms with Crippen molar-refractivity contribution in [1.29, 1.82) is 5.26 Å². The largest absolute Gasteiger partial charge is 0.444 e. The summed E-state index contributed by atoms with van der Waals surface area (Å²) < 4.78 is 25.7. The zero-order valence-electron chi connectivity index (χ0n) is 15.9. The summed E-state index contributed by atoms with van der Waals surface area (Å²) in [5.41, 5.74) is -1.25. The molecule has 2 aliphatic heterocycles. The summed E-state index contributed by atoms with van der Waals surface area (Å²) in [6.45, 7) is 5.94. The Bertz CT molecular complexity index is 754. The van der Waals surface area contributed by atoms with Crippen molar-refractivity contribution in [3.63, 3.8) is 0 Å². The Hall–Kier alpha value is -2.17. The molecule has 0 spiro atoms. The van der Waals surface area contributed by atoms with Gasteiger partial charge in [0.25, 0.3) is 0 Å². The van der Waals surface area contributed by atoms with Crippen molar-refractivity contribution < 1.29 is 23.8 Å². The third kappa shape index (κ3) is 4.07. The molecule has 0 aliphatic carbocycles. The van der Waals surface area contributed by atoms with E-state index >= 15 is 0 Å². The van der Waals surface area contributed by atoms with Crippen molar-refractivity contribution in [1.82, 2.24) is 4.90 Å². The van der Waals surface area contributed by atoms with Crippen LogP contribution in [0.3, 0.4) is 0 Å². The molecule has 2 atom stereocenters. The first kappa shape index (κ1) is 19.6. The van der Waals surface area contributed by atoms with Crippen molar-refractivity contribution >= 4 is 6.09 Å². The molecule has 2 unspecified atom stereocenters. The van der Waals surface area contributed by atoms with Crippen LogP contribution in [0.1, 0.15) is 44.7 Å². The van der Waals surface area contributed by atoms with Crippen molar-refractivity contribution in [3.05, 3.63) is 35.1 Å². The topological polar surface area (TPSA) is 82.8 Å². The van der Waals surface area contributed by atoms with E-state index in [1.807, 2.05) is 6.07 Å². The highest BCUT2D eigenvalue weighted by atomic mass is 19.1. The van der Waals surface area contributed by atoms with Gasteiger partial charge >= 0.3 is 6.09 Å². The predicted octanol–water partition coefficient (Wildman–Crippen LogP) is 2.88. The van der Waals surface area contributed by atoms with Gasteiger partial charge in [-0.25, -0.2) is 9.18 Å². The smallest absolute Gasteiger partial charge is 0.410 e. The molecule has 2 heterocycles. The molecule has 2 saturated heterocycles. The molecular formula is C20H25FN2O4. The average Bonchev–Trinajstić information content (AvgIpc) is 2.52. The van der Waals surface area contributed by atoms with Crippen LogP contribution in [0.15, 0.2) is 18.2 Å². The van der Waals surface area contributed by atoms with Crippen molar-refractivity contribution in [2.75, 3.05) is 13.2 Å². The third-order valence-corrected chi connectivity index (χ3v) is 4.98. The second-order valence-corrected chi connectivity index (χ2v) is 8.32. The van der Waals surface area contributed by atoms with Crippen molar-refractivity contribution in [2.24, 2.45) is 0 Å². The molecule has 1 N–H and O–H groups in total. The maximum absolute atomic E-state index is 14.7. The number of aliphatic hydroxyl groups is 1. The van der Waals surface area contributed by atoms with Crippen molar-refractivity contribution in [3.8, 4) is 6.07 Å². The minimum Gasteiger partial charge on any atom is -0.444 e. The van der Waals surface area contributed by atoms with E-state index in [0.29, 0.717) is 5.56 Å². The average molecular weight is 376 g/mol. The summed E-state index contributed by atoms with van der Waals surface area (Å²) >= 11 is 0. The van der Waals surface area contributed by atoms with Gasteiger partial charge in [-0.05, 0) is 32.4 Å². The molecule has 1 aromatic rings. The first-order valence-corrected chi connectivity index (χ1v) is 9.10. The van der Waals surface area contributed by atoms with Gasteiger partial charge < -0.3 is 14.6 Å². The van der Waals surface area contributed by atoms with E-state index in [9.17, 15) is 14.3 Å². The fourth-order valence-electron chi connectivity index (χ4n) is 3.95. The molecule has 27 heavy (non-hydrogen) atoms. The number of ether oxygens (including phenoxy) is 2. The number of halogens is 1. The number of carbonyl (C=O) groups is 1. The zero-order valence-corrected chi connectivity index (χ0v) is 15.9. The molecule has 0 radical (unpaired) electrons. The van der Waals surface area contributed by atoms with Crippen LogP contribution in [0.4, 0.5) is 9.18 Å². The highest BCUT2D eigenvalue weighted by Crippen LogP contribution is 2.42. The van der Waals surface area contributed by atoms with Gasteiger partial charge in [-0.3, -0.25) is 4.90 Å². The van der Waals surface area contributed by atoms with Crippen LogP contribution in [-0.2, 0) is 21.5 Å². The summed E-state index contributed by atoms with van der Waals surface area (Å²) in [6.07, 6.45) is 0.00281. The van der Waals surface area contributed by atoms with Crippen LogP contribution < -0.4 is 0 Å². The monoisotopic (exact) mass is 376 g/mol. The number of hydrogen-bond donors (Lipinski definition) is 1. The van der Waals surface area contributed by atoms with Gasteiger partial charge in [0.15, 0.2) is 0 Å². The predicted molar refractivity (Wildman–Crippen MR) is 95.3 cm³/mol. The minimum atomic E-state index is -1.40. The van der Waals surface area contributed by atoms with Gasteiger partial charge in [-0.1, -0.05) is 12.1 Å². The number of nitriles is 1. The fourth-order valence-corrected chi connectivity index (χ4v) is 3.95. The summed E-state index contributed by atoms with van der Waals surface area (Å²) in [4.78, 5) is 14.3. The fraction of sp³-hybridized carbons (Fsp3) is 0.600. The number of hydrogen-bond acceptors (Lipinski definition) is 5. The quantitative estimate of drug-likeness (QED) is 0.858. The van der Waals surface area contributed by atoms with Gasteiger partial charge in [-0.15, -0.1) is 0 Å². The number of benzene rings is 1. The molecule has 2 fully saturated rings. The van der Waals surface area contributed by atoms with E-state index in [0.717, 1.165) is 0 Å². The highest BCUT2D eigenvalue weighted by molar-refractivity contribution is 5.69. The SMILES string of the molecule is CC(C)(C)OC(=O)N1C2COCC1CC(O)(c1ccc(CC#N)cc1F)C2. The Balaban J connectivity index is 1.85. The lowest BCUT2D eigenvalue weighted by atomic mass is 9.76. The minimum absolute atomic E-state index is 0.112. The lowest BCUT2D eigenvalue weighted by Gasteiger charge is -2.51. The number of piperidine rings is 1. The lowest BCUT2D eigenvalue weighted by Crippen LogP contribution is -2.63. The molecule has 0 saturated carbocycles. The van der Waals surface area contributed by atoms with E-state index in [2.05, 4.69) is 0 Å². The molecule has 6 nitrogen and oxygen atoms in total. The first-order valence-electron chi connectivity index (χ1n) is 9.10.